The molecule has 4 rings (SSSR count). The lowest BCUT2D eigenvalue weighted by Gasteiger charge is -2.39. The van der Waals surface area contributed by atoms with Crippen molar-refractivity contribution in [1.82, 2.24) is 39.6 Å². The zero-order valence-electron chi connectivity index (χ0n) is 55.5. The summed E-state index contributed by atoms with van der Waals surface area (Å²) in [4.78, 5) is 172. The third kappa shape index (κ3) is 19.8. The molecule has 8 amide bonds. The van der Waals surface area contributed by atoms with Crippen molar-refractivity contribution in [3.05, 3.63) is 71.8 Å². The molecule has 0 bridgehead atoms. The summed E-state index contributed by atoms with van der Waals surface area (Å²) in [5, 5.41) is 14.0. The quantitative estimate of drug-likeness (QED) is 0.234. The number of ketones is 3. The number of nitrogens with zero attached hydrogens (tertiary/aromatic N) is 7. The maximum atomic E-state index is 15.3. The highest BCUT2D eigenvalue weighted by atomic mass is 16.3. The van der Waals surface area contributed by atoms with Crippen molar-refractivity contribution in [2.45, 2.75) is 201 Å². The Morgan fingerprint density at radius 3 is 1.55 bits per heavy atom. The second-order valence-corrected chi connectivity index (χ2v) is 26.2. The topological polar surface area (TPSA) is 243 Å². The number of aliphatic hydroxyl groups is 1. The van der Waals surface area contributed by atoms with Crippen LogP contribution < -0.4 is 5.32 Å². The monoisotopic (exact) mass is 1220 g/mol. The maximum Gasteiger partial charge on any atom is 0.246 e. The number of carbonyl (C=O) groups excluding carboxylic acids is 11. The second kappa shape index (κ2) is 34.2. The Morgan fingerprint density at radius 2 is 1.03 bits per heavy atom. The predicted octanol–water partition coefficient (Wildman–Crippen LogP) is 6.03. The van der Waals surface area contributed by atoms with Crippen molar-refractivity contribution in [2.75, 3.05) is 55.4 Å². The Balaban J connectivity index is 1.93. The van der Waals surface area contributed by atoms with E-state index in [-0.39, 0.29) is 50.4 Å². The molecule has 2 saturated heterocycles. The second-order valence-electron chi connectivity index (χ2n) is 26.2. The lowest BCUT2D eigenvalue weighted by atomic mass is 9.87. The Morgan fingerprint density at radius 1 is 0.534 bits per heavy atom. The van der Waals surface area contributed by atoms with E-state index in [1.807, 2.05) is 83.1 Å². The van der Waals surface area contributed by atoms with E-state index in [2.05, 4.69) is 5.32 Å². The highest BCUT2D eigenvalue weighted by Gasteiger charge is 2.44. The van der Waals surface area contributed by atoms with Crippen LogP contribution in [0.4, 0.5) is 0 Å². The van der Waals surface area contributed by atoms with Crippen molar-refractivity contribution in [3.8, 4) is 0 Å². The zero-order chi connectivity index (χ0) is 66.0. The van der Waals surface area contributed by atoms with Crippen LogP contribution in [0.3, 0.4) is 0 Å². The molecule has 0 unspecified atom stereocenters. The van der Waals surface area contributed by atoms with E-state index in [1.54, 1.807) is 37.8 Å². The van der Waals surface area contributed by atoms with Crippen molar-refractivity contribution >= 4 is 64.6 Å². The van der Waals surface area contributed by atoms with E-state index < -0.39 is 156 Å². The van der Waals surface area contributed by atoms with E-state index in [0.29, 0.717) is 19.5 Å². The van der Waals surface area contributed by atoms with E-state index in [4.69, 9.17) is 0 Å². The van der Waals surface area contributed by atoms with Gasteiger partial charge in [-0.1, -0.05) is 122 Å². The van der Waals surface area contributed by atoms with Gasteiger partial charge in [-0.25, -0.2) is 0 Å². The fraction of sp³-hybridized carbons (Fsp3) is 0.662. The number of likely N-dealkylation sites (N-methyl/N-ethyl adjacent to an activating group) is 6. The molecule has 0 aliphatic carbocycles. The molecule has 2 aromatic rings. The molecular formula is C68H104N8O12. The first-order valence-electron chi connectivity index (χ1n) is 31.9. The summed E-state index contributed by atoms with van der Waals surface area (Å²) in [6.07, 6.45) is -0.332. The molecule has 20 heteroatoms. The maximum absolute atomic E-state index is 15.3. The highest BCUT2D eigenvalue weighted by Crippen LogP contribution is 2.28. The van der Waals surface area contributed by atoms with Gasteiger partial charge in [-0.2, -0.15) is 0 Å². The number of aliphatic hydroxyl groups excluding tert-OH is 1. The lowest BCUT2D eigenvalue weighted by Crippen LogP contribution is -2.59. The third-order valence-electron chi connectivity index (χ3n) is 18.2. The van der Waals surface area contributed by atoms with E-state index >= 15 is 19.2 Å². The fourth-order valence-corrected chi connectivity index (χ4v) is 12.2. The molecule has 88 heavy (non-hydrogen) atoms. The number of benzene rings is 2. The summed E-state index contributed by atoms with van der Waals surface area (Å²) in [6.45, 7) is 18.3. The Hall–Kier alpha value is -6.83. The van der Waals surface area contributed by atoms with Gasteiger partial charge in [0, 0.05) is 93.9 Å². The molecule has 0 spiro atoms. The number of rotatable bonds is 13. The molecule has 0 aromatic heterocycles. The minimum atomic E-state index is -1.41. The summed E-state index contributed by atoms with van der Waals surface area (Å²) in [7, 11) is 8.80. The molecule has 2 aliphatic heterocycles. The number of hydrogen-bond donors (Lipinski definition) is 2. The van der Waals surface area contributed by atoms with Crippen LogP contribution in [-0.4, -0.2) is 208 Å². The molecule has 2 aliphatic rings. The summed E-state index contributed by atoms with van der Waals surface area (Å²) < 4.78 is 0. The van der Waals surface area contributed by atoms with Crippen LogP contribution in [0, 0.1) is 35.5 Å². The summed E-state index contributed by atoms with van der Waals surface area (Å²) in [6, 6.07) is 10.0. The van der Waals surface area contributed by atoms with Gasteiger partial charge in [0.15, 0.2) is 17.3 Å². The van der Waals surface area contributed by atoms with E-state index in [1.165, 1.54) is 80.6 Å². The number of likely N-dealkylation sites (tertiary alicyclic amines) is 1. The summed E-state index contributed by atoms with van der Waals surface area (Å²) >= 11 is 0. The van der Waals surface area contributed by atoms with Crippen LogP contribution >= 0.6 is 0 Å². The third-order valence-corrected chi connectivity index (χ3v) is 18.2. The van der Waals surface area contributed by atoms with Gasteiger partial charge in [0.1, 0.15) is 24.2 Å². The Bertz CT molecular complexity index is 2710. The fourth-order valence-electron chi connectivity index (χ4n) is 12.2. The number of hydrogen-bond acceptors (Lipinski definition) is 12. The average Bonchev–Trinajstić information content (AvgIpc) is 2.02. The SMILES string of the molecule is CC[C@H](C)[C@H]1C(=O)N(C)[C@@H](Cc2ccccc2)C(=O)CCC(=O)N(C)[C@@H](Cc2ccccc2)C(=O)N(C)[C@@H](CC(C)C)C(=O)N(C)[C@@H](CC(C)C)C(=O)C[C@H](C(=O)N2CCCCC2)CC(=O)N[C@H](C(C)C)C(=O)C[C@@H]([C@@H](C)O)C(=O)N(C)[C@@H](C)C(=O)N1C. The number of carbonyl (C=O) groups is 11. The minimum Gasteiger partial charge on any atom is -0.393 e. The number of Topliss-reactive ketones (excluding diaryl/α,β-unsaturated/α-hetero) is 3. The molecule has 20 nitrogen and oxygen atoms in total. The predicted molar refractivity (Wildman–Crippen MR) is 338 cm³/mol. The molecule has 488 valence electrons. The number of amides is 8. The van der Waals surface area contributed by atoms with Gasteiger partial charge in [0.25, 0.3) is 0 Å². The number of nitrogens with one attached hydrogen (secondary N) is 1. The Kier molecular flexibility index (Phi) is 28.6. The molecule has 2 aromatic carbocycles. The van der Waals surface area contributed by atoms with Gasteiger partial charge in [-0.05, 0) is 87.2 Å². The van der Waals surface area contributed by atoms with Crippen LogP contribution in [0.2, 0.25) is 0 Å². The van der Waals surface area contributed by atoms with Gasteiger partial charge < -0.3 is 44.7 Å². The van der Waals surface area contributed by atoms with Crippen molar-refractivity contribution < 1.29 is 57.8 Å². The van der Waals surface area contributed by atoms with Crippen molar-refractivity contribution in [3.63, 3.8) is 0 Å². The highest BCUT2D eigenvalue weighted by molar-refractivity contribution is 5.99. The zero-order valence-corrected chi connectivity index (χ0v) is 55.5. The van der Waals surface area contributed by atoms with Crippen molar-refractivity contribution in [1.29, 1.82) is 0 Å². The molecular weight excluding hydrogens is 1120 g/mol. The smallest absolute Gasteiger partial charge is 0.246 e. The van der Waals surface area contributed by atoms with Gasteiger partial charge in [-0.15, -0.1) is 0 Å². The van der Waals surface area contributed by atoms with Crippen LogP contribution in [0.25, 0.3) is 0 Å². The van der Waals surface area contributed by atoms with Crippen molar-refractivity contribution in [2.24, 2.45) is 35.5 Å². The van der Waals surface area contributed by atoms with Gasteiger partial charge in [-0.3, -0.25) is 52.7 Å². The molecule has 0 saturated carbocycles. The molecule has 0 radical (unpaired) electrons. The Labute approximate surface area is 523 Å². The van der Waals surface area contributed by atoms with Gasteiger partial charge in [0.05, 0.1) is 36.1 Å². The summed E-state index contributed by atoms with van der Waals surface area (Å²) in [5.74, 6) is -10.1. The standard InChI is InChI=1S/C68H104N8O12/c1-17-45(8)62-68(88)73(14)53(37-48-27-21-18-22-28-48)56(78)31-32-60(82)71(12)55(38-49-29-23-19-24-30-49)67(87)74(15)54(36-43(4)5)66(86)72(13)52(35-42(2)3)57(79)39-50(64(84)76-33-25-20-26-34-76)40-59(81)69-61(44(6)7)58(80)41-51(47(10)77)65(85)70(11)46(9)63(83)75(62)16/h18-19,21-24,27-30,42-47,50-55,61-62,77H,17,20,25-26,31-41H2,1-16H3,(H,69,81)/t45-,46-,47+,50-,51-,52-,53-,54-,55-,61+,62-/m0/s1. The lowest BCUT2D eigenvalue weighted by molar-refractivity contribution is -0.154. The molecule has 11 atom stereocenters. The molecule has 2 fully saturated rings. The van der Waals surface area contributed by atoms with Gasteiger partial charge >= 0.3 is 0 Å². The molecule has 2 heterocycles. The summed E-state index contributed by atoms with van der Waals surface area (Å²) in [5.41, 5.74) is 1.44. The van der Waals surface area contributed by atoms with Crippen LogP contribution in [0.5, 0.6) is 0 Å². The first-order chi connectivity index (χ1) is 41.3. The average molecular weight is 1230 g/mol. The minimum absolute atomic E-state index is 0.0417. The largest absolute Gasteiger partial charge is 0.393 e. The number of piperidine rings is 1. The van der Waals surface area contributed by atoms with Gasteiger partial charge in [0.2, 0.25) is 47.3 Å². The normalized spacial score (nSPS) is 26.1. The van der Waals surface area contributed by atoms with E-state index in [9.17, 15) is 38.7 Å². The van der Waals surface area contributed by atoms with Crippen LogP contribution in [0.1, 0.15) is 151 Å². The van der Waals surface area contributed by atoms with Crippen LogP contribution in [-0.2, 0) is 65.6 Å². The first-order valence-corrected chi connectivity index (χ1v) is 31.9. The van der Waals surface area contributed by atoms with E-state index in [0.717, 1.165) is 35.3 Å². The van der Waals surface area contributed by atoms with Crippen LogP contribution in [0.15, 0.2) is 60.7 Å². The first kappa shape index (κ1) is 73.6. The molecule has 2 N–H and O–H groups in total.